The molecule has 2 aromatic carbocycles. The average Bonchev–Trinajstić information content (AvgIpc) is 2.91. The molecule has 1 aliphatic heterocycles. The minimum absolute atomic E-state index is 0.0319. The Hall–Kier alpha value is -3.63. The number of carboxylic acid groups (broad SMARTS) is 1. The van der Waals surface area contributed by atoms with Gasteiger partial charge in [-0.05, 0) is 91.7 Å². The van der Waals surface area contributed by atoms with E-state index in [1.807, 2.05) is 42.5 Å². The maximum Gasteiger partial charge on any atom is 0.303 e. The zero-order valence-corrected chi connectivity index (χ0v) is 21.3. The fourth-order valence-corrected chi connectivity index (χ4v) is 5.13. The highest BCUT2D eigenvalue weighted by Gasteiger charge is 2.31. The number of aliphatic carboxylic acids is 1. The number of pyridine rings is 1. The van der Waals surface area contributed by atoms with Gasteiger partial charge in [0.05, 0.1) is 26.3 Å². The molecule has 0 radical (unpaired) electrons. The molecule has 194 valence electrons. The van der Waals surface area contributed by atoms with Crippen LogP contribution >= 0.6 is 0 Å². The number of aromatic nitrogens is 1. The van der Waals surface area contributed by atoms with Gasteiger partial charge in [0, 0.05) is 30.1 Å². The second-order valence-electron chi connectivity index (χ2n) is 9.50. The lowest BCUT2D eigenvalue weighted by molar-refractivity contribution is -0.139. The first kappa shape index (κ1) is 26.4. The Bertz CT molecular complexity index is 1270. The first-order valence-electron chi connectivity index (χ1n) is 12.6. The topological polar surface area (TPSA) is 71.9 Å². The number of carbonyl (C=O) groups is 1. The van der Waals surface area contributed by atoms with Gasteiger partial charge >= 0.3 is 5.97 Å². The molecule has 0 spiro atoms. The maximum atomic E-state index is 15.5. The molecule has 1 N–H and O–H groups in total. The molecule has 0 saturated carbocycles. The van der Waals surface area contributed by atoms with E-state index in [1.54, 1.807) is 26.5 Å². The molecule has 3 aromatic rings. The first-order chi connectivity index (χ1) is 18.0. The second kappa shape index (κ2) is 12.6. The summed E-state index contributed by atoms with van der Waals surface area (Å²) in [6.45, 7) is 2.05. The summed E-state index contributed by atoms with van der Waals surface area (Å²) in [4.78, 5) is 18.1. The molecule has 4 rings (SSSR count). The lowest BCUT2D eigenvalue weighted by Gasteiger charge is -2.37. The standard InChI is InChI=1S/C30H33FN2O4/c1-36-24-8-5-21(6-9-24)4-3-16-33-17-14-22(23(20-33)18-30(34)35)7-11-28(31)26-13-15-32-29-12-10-25(37-2)19-27(26)29/h5-6,8-10,12-13,15,19,22-23,28H,7,11,14,16-18,20H2,1-2H3,(H,34,35)/t22-,23+,28-/m1/s1. The molecule has 6 nitrogen and oxygen atoms in total. The number of benzene rings is 2. The Labute approximate surface area is 217 Å². The van der Waals surface area contributed by atoms with Crippen LogP contribution in [0.25, 0.3) is 10.9 Å². The molecule has 2 heterocycles. The number of alkyl halides is 1. The molecular weight excluding hydrogens is 471 g/mol. The molecule has 3 atom stereocenters. The monoisotopic (exact) mass is 504 g/mol. The van der Waals surface area contributed by atoms with Crippen molar-refractivity contribution in [1.29, 1.82) is 0 Å². The van der Waals surface area contributed by atoms with E-state index >= 15 is 4.39 Å². The third-order valence-corrected chi connectivity index (χ3v) is 7.15. The van der Waals surface area contributed by atoms with Crippen molar-refractivity contribution >= 4 is 16.9 Å². The van der Waals surface area contributed by atoms with Gasteiger partial charge in [0.1, 0.15) is 17.7 Å². The van der Waals surface area contributed by atoms with Crippen molar-refractivity contribution in [3.63, 3.8) is 0 Å². The smallest absolute Gasteiger partial charge is 0.303 e. The predicted octanol–water partition coefficient (Wildman–Crippen LogP) is 5.51. The van der Waals surface area contributed by atoms with E-state index in [1.165, 1.54) is 0 Å². The summed E-state index contributed by atoms with van der Waals surface area (Å²) >= 11 is 0. The number of halogens is 1. The van der Waals surface area contributed by atoms with Gasteiger partial charge in [-0.15, -0.1) is 0 Å². The maximum absolute atomic E-state index is 15.5. The van der Waals surface area contributed by atoms with E-state index in [-0.39, 0.29) is 18.3 Å². The molecular formula is C30H33FN2O4. The number of ether oxygens (including phenoxy) is 2. The molecule has 0 aliphatic carbocycles. The SMILES string of the molecule is COc1ccc(C#CCN2CC[C@@H](CC[C@@H](F)c3ccnc4ccc(OC)cc34)[C@@H](CC(=O)O)C2)cc1. The summed E-state index contributed by atoms with van der Waals surface area (Å²) in [6, 6.07) is 14.8. The fraction of sp³-hybridized carbons (Fsp3) is 0.400. The van der Waals surface area contributed by atoms with Gasteiger partial charge in [-0.3, -0.25) is 14.7 Å². The van der Waals surface area contributed by atoms with Gasteiger partial charge < -0.3 is 14.6 Å². The van der Waals surface area contributed by atoms with Crippen LogP contribution in [-0.4, -0.2) is 54.8 Å². The highest BCUT2D eigenvalue weighted by molar-refractivity contribution is 5.83. The Morgan fingerprint density at radius 3 is 2.62 bits per heavy atom. The van der Waals surface area contributed by atoms with Crippen LogP contribution in [0.4, 0.5) is 4.39 Å². The van der Waals surface area contributed by atoms with Gasteiger partial charge in [0.15, 0.2) is 0 Å². The summed E-state index contributed by atoms with van der Waals surface area (Å²) < 4.78 is 26.0. The van der Waals surface area contributed by atoms with Crippen molar-refractivity contribution in [2.24, 2.45) is 11.8 Å². The van der Waals surface area contributed by atoms with Gasteiger partial charge in [0.25, 0.3) is 0 Å². The quantitative estimate of drug-likeness (QED) is 0.388. The number of rotatable bonds is 9. The summed E-state index contributed by atoms with van der Waals surface area (Å²) in [5, 5.41) is 10.3. The number of likely N-dealkylation sites (tertiary alicyclic amines) is 1. The normalized spacial score (nSPS) is 18.6. The number of hydrogen-bond donors (Lipinski definition) is 1. The third kappa shape index (κ3) is 6.99. The first-order valence-corrected chi connectivity index (χ1v) is 12.6. The minimum atomic E-state index is -1.16. The second-order valence-corrected chi connectivity index (χ2v) is 9.50. The van der Waals surface area contributed by atoms with Crippen LogP contribution in [0.1, 0.15) is 43.0 Å². The van der Waals surface area contributed by atoms with E-state index in [2.05, 4.69) is 21.7 Å². The summed E-state index contributed by atoms with van der Waals surface area (Å²) in [6.07, 6.45) is 2.37. The Kier molecular flexibility index (Phi) is 8.97. The molecule has 0 amide bonds. The average molecular weight is 505 g/mol. The molecule has 0 unspecified atom stereocenters. The van der Waals surface area contributed by atoms with Crippen LogP contribution in [0.5, 0.6) is 11.5 Å². The number of hydrogen-bond acceptors (Lipinski definition) is 5. The van der Waals surface area contributed by atoms with Crippen molar-refractivity contribution in [2.75, 3.05) is 33.9 Å². The third-order valence-electron chi connectivity index (χ3n) is 7.15. The molecule has 37 heavy (non-hydrogen) atoms. The summed E-state index contributed by atoms with van der Waals surface area (Å²) in [7, 11) is 3.22. The zero-order valence-electron chi connectivity index (χ0n) is 21.3. The van der Waals surface area contributed by atoms with E-state index in [4.69, 9.17) is 9.47 Å². The van der Waals surface area contributed by atoms with Crippen molar-refractivity contribution in [2.45, 2.75) is 31.9 Å². The van der Waals surface area contributed by atoms with Crippen LogP contribution in [0.2, 0.25) is 0 Å². The molecule has 1 aromatic heterocycles. The van der Waals surface area contributed by atoms with E-state index < -0.39 is 12.1 Å². The fourth-order valence-electron chi connectivity index (χ4n) is 5.13. The number of nitrogens with zero attached hydrogens (tertiary/aromatic N) is 2. The van der Waals surface area contributed by atoms with E-state index in [9.17, 15) is 9.90 Å². The van der Waals surface area contributed by atoms with Crippen molar-refractivity contribution < 1.29 is 23.8 Å². The van der Waals surface area contributed by atoms with E-state index in [0.717, 1.165) is 35.2 Å². The summed E-state index contributed by atoms with van der Waals surface area (Å²) in [5.74, 6) is 7.13. The minimum Gasteiger partial charge on any atom is -0.497 e. The van der Waals surface area contributed by atoms with Crippen molar-refractivity contribution in [3.8, 4) is 23.3 Å². The van der Waals surface area contributed by atoms with Crippen LogP contribution in [0.3, 0.4) is 0 Å². The molecule has 1 saturated heterocycles. The Morgan fingerprint density at radius 1 is 1.14 bits per heavy atom. The lowest BCUT2D eigenvalue weighted by atomic mass is 9.79. The number of methoxy groups -OCH3 is 2. The molecule has 1 fully saturated rings. The van der Waals surface area contributed by atoms with Crippen LogP contribution in [0, 0.1) is 23.7 Å². The highest BCUT2D eigenvalue weighted by atomic mass is 19.1. The highest BCUT2D eigenvalue weighted by Crippen LogP contribution is 2.36. The largest absolute Gasteiger partial charge is 0.497 e. The predicted molar refractivity (Wildman–Crippen MR) is 142 cm³/mol. The van der Waals surface area contributed by atoms with Crippen LogP contribution in [0.15, 0.2) is 54.7 Å². The van der Waals surface area contributed by atoms with Crippen LogP contribution < -0.4 is 9.47 Å². The van der Waals surface area contributed by atoms with Crippen LogP contribution in [-0.2, 0) is 4.79 Å². The number of fused-ring (bicyclic) bond motifs is 1. The van der Waals surface area contributed by atoms with Crippen molar-refractivity contribution in [3.05, 3.63) is 65.9 Å². The zero-order chi connectivity index (χ0) is 26.2. The number of carboxylic acids is 1. The lowest BCUT2D eigenvalue weighted by Crippen LogP contribution is -2.41. The number of piperidine rings is 1. The Morgan fingerprint density at radius 2 is 1.89 bits per heavy atom. The molecule has 1 aliphatic rings. The van der Waals surface area contributed by atoms with Gasteiger partial charge in [0.2, 0.25) is 0 Å². The molecule has 0 bridgehead atoms. The van der Waals surface area contributed by atoms with Gasteiger partial charge in [-0.1, -0.05) is 11.8 Å². The summed E-state index contributed by atoms with van der Waals surface area (Å²) in [5.41, 5.74) is 2.24. The molecule has 7 heteroatoms. The van der Waals surface area contributed by atoms with Gasteiger partial charge in [-0.2, -0.15) is 0 Å². The van der Waals surface area contributed by atoms with Gasteiger partial charge in [-0.25, -0.2) is 4.39 Å². The Balaban J connectivity index is 1.37. The van der Waals surface area contributed by atoms with Crippen molar-refractivity contribution in [1.82, 2.24) is 9.88 Å². The van der Waals surface area contributed by atoms with E-state index in [0.29, 0.717) is 37.2 Å².